The second kappa shape index (κ2) is 6.26. The van der Waals surface area contributed by atoms with Crippen LogP contribution in [0.4, 0.5) is 4.79 Å². The van der Waals surface area contributed by atoms with Crippen molar-refractivity contribution < 1.29 is 14.6 Å². The van der Waals surface area contributed by atoms with Crippen LogP contribution in [-0.2, 0) is 17.7 Å². The van der Waals surface area contributed by atoms with Gasteiger partial charge in [-0.3, -0.25) is 4.90 Å². The van der Waals surface area contributed by atoms with Gasteiger partial charge in [-0.25, -0.2) is 4.79 Å². The Morgan fingerprint density at radius 3 is 2.50 bits per heavy atom. The van der Waals surface area contributed by atoms with Crippen molar-refractivity contribution >= 4 is 6.09 Å². The van der Waals surface area contributed by atoms with E-state index in [4.69, 9.17) is 10.5 Å². The maximum atomic E-state index is 12.5. The van der Waals surface area contributed by atoms with Crippen LogP contribution in [0, 0.1) is 0 Å². The van der Waals surface area contributed by atoms with Crippen molar-refractivity contribution in [3.05, 3.63) is 35.4 Å². The molecule has 5 nitrogen and oxygen atoms in total. The molecule has 0 fully saturated rings. The summed E-state index contributed by atoms with van der Waals surface area (Å²) in [6, 6.07) is 7.17. The number of aliphatic hydroxyl groups is 1. The Balaban J connectivity index is 2.29. The number of nitrogens with zero attached hydrogens (tertiary/aromatic N) is 1. The maximum absolute atomic E-state index is 12.5. The molecule has 122 valence electrons. The number of aliphatic hydroxyl groups excluding tert-OH is 1. The Kier molecular flexibility index (Phi) is 4.78. The third-order valence-corrected chi connectivity index (χ3v) is 3.85. The van der Waals surface area contributed by atoms with Crippen LogP contribution < -0.4 is 5.73 Å². The molecule has 1 aromatic rings. The zero-order valence-electron chi connectivity index (χ0n) is 13.7. The number of hydrogen-bond acceptors (Lipinski definition) is 4. The summed E-state index contributed by atoms with van der Waals surface area (Å²) < 4.78 is 5.49. The van der Waals surface area contributed by atoms with E-state index in [1.54, 1.807) is 11.8 Å². The molecule has 1 aliphatic heterocycles. The van der Waals surface area contributed by atoms with Crippen molar-refractivity contribution in [3.63, 3.8) is 0 Å². The van der Waals surface area contributed by atoms with Gasteiger partial charge in [-0.2, -0.15) is 0 Å². The van der Waals surface area contributed by atoms with Gasteiger partial charge in [0.1, 0.15) is 5.60 Å². The molecular weight excluding hydrogens is 280 g/mol. The van der Waals surface area contributed by atoms with Gasteiger partial charge in [0.05, 0.1) is 12.1 Å². The number of ether oxygens (including phenoxy) is 1. The predicted molar refractivity (Wildman–Crippen MR) is 85.4 cm³/mol. The van der Waals surface area contributed by atoms with Crippen LogP contribution in [0.15, 0.2) is 24.3 Å². The van der Waals surface area contributed by atoms with E-state index in [1.807, 2.05) is 45.0 Å². The number of hydrogen-bond donors (Lipinski definition) is 2. The highest BCUT2D eigenvalue weighted by molar-refractivity contribution is 5.69. The average Bonchev–Trinajstić information content (AvgIpc) is 2.43. The van der Waals surface area contributed by atoms with Crippen molar-refractivity contribution in [2.75, 3.05) is 0 Å². The second-order valence-electron chi connectivity index (χ2n) is 7.00. The zero-order chi connectivity index (χ0) is 16.5. The van der Waals surface area contributed by atoms with E-state index < -0.39 is 23.8 Å². The fourth-order valence-electron chi connectivity index (χ4n) is 2.72. The third kappa shape index (κ3) is 3.78. The van der Waals surface area contributed by atoms with Gasteiger partial charge in [-0.1, -0.05) is 24.3 Å². The SMILES string of the molecule is CC(N)[C@H](O)[C@@H]1Cc2ccccc2CN1C(=O)OC(C)(C)C. The molecule has 0 saturated carbocycles. The van der Waals surface area contributed by atoms with Gasteiger partial charge in [0, 0.05) is 12.6 Å². The van der Waals surface area contributed by atoms with E-state index >= 15 is 0 Å². The standard InChI is InChI=1S/C17H26N2O3/c1-11(18)15(20)14-9-12-7-5-6-8-13(12)10-19(14)16(21)22-17(2,3)4/h5-8,11,14-15,20H,9-10,18H2,1-4H3/t11?,14-,15-/m0/s1. The molecule has 0 radical (unpaired) electrons. The second-order valence-corrected chi connectivity index (χ2v) is 7.00. The fraction of sp³-hybridized carbons (Fsp3) is 0.588. The summed E-state index contributed by atoms with van der Waals surface area (Å²) in [4.78, 5) is 14.1. The Morgan fingerprint density at radius 1 is 1.36 bits per heavy atom. The van der Waals surface area contributed by atoms with Crippen LogP contribution in [0.1, 0.15) is 38.8 Å². The summed E-state index contributed by atoms with van der Waals surface area (Å²) in [6.07, 6.45) is -0.620. The van der Waals surface area contributed by atoms with E-state index in [0.717, 1.165) is 11.1 Å². The molecule has 2 rings (SSSR count). The molecule has 22 heavy (non-hydrogen) atoms. The number of benzene rings is 1. The van der Waals surface area contributed by atoms with Crippen LogP contribution >= 0.6 is 0 Å². The van der Waals surface area contributed by atoms with Gasteiger partial charge in [-0.15, -0.1) is 0 Å². The molecule has 0 aromatic heterocycles. The minimum atomic E-state index is -0.791. The average molecular weight is 306 g/mol. The van der Waals surface area contributed by atoms with Crippen molar-refractivity contribution in [3.8, 4) is 0 Å². The van der Waals surface area contributed by atoms with Crippen molar-refractivity contribution in [1.29, 1.82) is 0 Å². The normalized spacial score (nSPS) is 21.0. The first-order chi connectivity index (χ1) is 10.2. The molecule has 0 aliphatic carbocycles. The van der Waals surface area contributed by atoms with Crippen molar-refractivity contribution in [1.82, 2.24) is 4.90 Å². The molecule has 1 amide bonds. The highest BCUT2D eigenvalue weighted by atomic mass is 16.6. The minimum absolute atomic E-state index is 0.371. The number of carbonyl (C=O) groups excluding carboxylic acids is 1. The van der Waals surface area contributed by atoms with Crippen LogP contribution in [0.5, 0.6) is 0 Å². The number of nitrogens with two attached hydrogens (primary N) is 1. The Morgan fingerprint density at radius 2 is 1.95 bits per heavy atom. The lowest BCUT2D eigenvalue weighted by atomic mass is 9.89. The summed E-state index contributed by atoms with van der Waals surface area (Å²) in [7, 11) is 0. The summed E-state index contributed by atoms with van der Waals surface area (Å²) >= 11 is 0. The molecular formula is C17H26N2O3. The smallest absolute Gasteiger partial charge is 0.410 e. The summed E-state index contributed by atoms with van der Waals surface area (Å²) in [5.74, 6) is 0. The van der Waals surface area contributed by atoms with Crippen LogP contribution in [-0.4, -0.2) is 39.9 Å². The monoisotopic (exact) mass is 306 g/mol. The van der Waals surface area contributed by atoms with Gasteiger partial charge >= 0.3 is 6.09 Å². The quantitative estimate of drug-likeness (QED) is 0.877. The Labute approximate surface area is 132 Å². The lowest BCUT2D eigenvalue weighted by molar-refractivity contribution is -0.0158. The molecule has 0 bridgehead atoms. The molecule has 0 saturated heterocycles. The zero-order valence-corrected chi connectivity index (χ0v) is 13.7. The molecule has 3 N–H and O–H groups in total. The predicted octanol–water partition coefficient (Wildman–Crippen LogP) is 2.06. The lowest BCUT2D eigenvalue weighted by Crippen LogP contribution is -2.55. The maximum Gasteiger partial charge on any atom is 0.410 e. The molecule has 0 spiro atoms. The van der Waals surface area contributed by atoms with Gasteiger partial charge < -0.3 is 15.6 Å². The van der Waals surface area contributed by atoms with Crippen molar-refractivity contribution in [2.45, 2.75) is 64.4 Å². The third-order valence-electron chi connectivity index (χ3n) is 3.85. The lowest BCUT2D eigenvalue weighted by Gasteiger charge is -2.40. The summed E-state index contributed by atoms with van der Waals surface area (Å²) in [5, 5.41) is 10.4. The number of carbonyl (C=O) groups is 1. The summed E-state index contributed by atoms with van der Waals surface area (Å²) in [6.45, 7) is 7.68. The molecule has 1 unspecified atom stereocenters. The van der Waals surface area contributed by atoms with Crippen LogP contribution in [0.2, 0.25) is 0 Å². The first-order valence-corrected chi connectivity index (χ1v) is 7.69. The number of amides is 1. The molecule has 1 heterocycles. The van der Waals surface area contributed by atoms with Gasteiger partial charge in [0.2, 0.25) is 0 Å². The molecule has 5 heteroatoms. The van der Waals surface area contributed by atoms with Crippen molar-refractivity contribution in [2.24, 2.45) is 5.73 Å². The van der Waals surface area contributed by atoms with E-state index in [1.165, 1.54) is 0 Å². The minimum Gasteiger partial charge on any atom is -0.444 e. The van der Waals surface area contributed by atoms with E-state index in [0.29, 0.717) is 13.0 Å². The Bertz CT molecular complexity index is 537. The van der Waals surface area contributed by atoms with E-state index in [-0.39, 0.29) is 6.04 Å². The van der Waals surface area contributed by atoms with Gasteiger partial charge in [0.25, 0.3) is 0 Å². The number of rotatable bonds is 2. The highest BCUT2D eigenvalue weighted by Gasteiger charge is 2.37. The molecule has 1 aromatic carbocycles. The first kappa shape index (κ1) is 16.8. The first-order valence-electron chi connectivity index (χ1n) is 7.69. The van der Waals surface area contributed by atoms with E-state index in [9.17, 15) is 9.90 Å². The largest absolute Gasteiger partial charge is 0.444 e. The van der Waals surface area contributed by atoms with Crippen LogP contribution in [0.25, 0.3) is 0 Å². The summed E-state index contributed by atoms with van der Waals surface area (Å²) in [5.41, 5.74) is 7.51. The highest BCUT2D eigenvalue weighted by Crippen LogP contribution is 2.27. The molecule has 1 aliphatic rings. The topological polar surface area (TPSA) is 75.8 Å². The van der Waals surface area contributed by atoms with Crippen LogP contribution in [0.3, 0.4) is 0 Å². The number of fused-ring (bicyclic) bond motifs is 1. The van der Waals surface area contributed by atoms with E-state index in [2.05, 4.69) is 0 Å². The van der Waals surface area contributed by atoms with Gasteiger partial charge in [-0.05, 0) is 45.2 Å². The van der Waals surface area contributed by atoms with Gasteiger partial charge in [0.15, 0.2) is 0 Å². The molecule has 3 atom stereocenters. The fourth-order valence-corrected chi connectivity index (χ4v) is 2.72. The Hall–Kier alpha value is -1.59.